The number of nitrogens with zero attached hydrogens (tertiary/aromatic N) is 1. The number of hydrogen-bond acceptors (Lipinski definition) is 2. The molecular formula is C13H12N2O. The summed E-state index contributed by atoms with van der Waals surface area (Å²) in [5, 5.41) is 0. The zero-order valence-electron chi connectivity index (χ0n) is 9.03. The van der Waals surface area contributed by atoms with E-state index in [1.54, 1.807) is 12.5 Å². The highest BCUT2D eigenvalue weighted by Gasteiger charge is 2.18. The van der Waals surface area contributed by atoms with Gasteiger partial charge in [0.05, 0.1) is 11.8 Å². The van der Waals surface area contributed by atoms with Gasteiger partial charge in [-0.3, -0.25) is 0 Å². The van der Waals surface area contributed by atoms with Crippen LogP contribution < -0.4 is 0 Å². The van der Waals surface area contributed by atoms with Gasteiger partial charge in [0.15, 0.2) is 0 Å². The van der Waals surface area contributed by atoms with Crippen LogP contribution in [0.3, 0.4) is 0 Å². The number of imidazole rings is 1. The number of fused-ring (bicyclic) bond motifs is 1. The number of ether oxygens (including phenoxy) is 1. The second kappa shape index (κ2) is 3.52. The predicted octanol–water partition coefficient (Wildman–Crippen LogP) is 2.64. The van der Waals surface area contributed by atoms with Crippen molar-refractivity contribution in [2.24, 2.45) is 0 Å². The standard InChI is InChI=1S/C13H12N2O/c1-9-3-2-4-10-7-16-8-11(12(9)10)13-14-5-6-15-13/h2-6,8H,7H2,1H3,(H,14,15). The first-order valence-corrected chi connectivity index (χ1v) is 5.26. The van der Waals surface area contributed by atoms with Crippen LogP contribution in [0.25, 0.3) is 5.57 Å². The van der Waals surface area contributed by atoms with Crippen LogP contribution in [0.2, 0.25) is 0 Å². The first kappa shape index (κ1) is 9.21. The molecule has 1 aliphatic heterocycles. The maximum absolute atomic E-state index is 5.47. The summed E-state index contributed by atoms with van der Waals surface area (Å²) in [5.41, 5.74) is 4.74. The molecule has 0 saturated heterocycles. The fourth-order valence-electron chi connectivity index (χ4n) is 2.09. The SMILES string of the molecule is Cc1cccc2c1C(c1ncc[nH]1)=COC2. The van der Waals surface area contributed by atoms with Gasteiger partial charge in [-0.15, -0.1) is 0 Å². The minimum atomic E-state index is 0.640. The van der Waals surface area contributed by atoms with Gasteiger partial charge in [-0.1, -0.05) is 18.2 Å². The Kier molecular flexibility index (Phi) is 2.03. The summed E-state index contributed by atoms with van der Waals surface area (Å²) in [6.07, 6.45) is 5.36. The highest BCUT2D eigenvalue weighted by Crippen LogP contribution is 2.31. The molecule has 2 heterocycles. The molecule has 0 saturated carbocycles. The van der Waals surface area contributed by atoms with Crippen molar-refractivity contribution in [2.75, 3.05) is 0 Å². The molecule has 3 rings (SSSR count). The molecule has 0 amide bonds. The monoisotopic (exact) mass is 212 g/mol. The van der Waals surface area contributed by atoms with E-state index in [-0.39, 0.29) is 0 Å². The summed E-state index contributed by atoms with van der Waals surface area (Å²) in [4.78, 5) is 7.39. The van der Waals surface area contributed by atoms with Crippen LogP contribution >= 0.6 is 0 Å². The smallest absolute Gasteiger partial charge is 0.141 e. The van der Waals surface area contributed by atoms with Gasteiger partial charge in [0.1, 0.15) is 12.4 Å². The van der Waals surface area contributed by atoms with Crippen LogP contribution in [0, 0.1) is 6.92 Å². The second-order valence-electron chi connectivity index (χ2n) is 3.89. The van der Waals surface area contributed by atoms with E-state index < -0.39 is 0 Å². The average Bonchev–Trinajstić information content (AvgIpc) is 2.82. The topological polar surface area (TPSA) is 37.9 Å². The summed E-state index contributed by atoms with van der Waals surface area (Å²) < 4.78 is 5.47. The average molecular weight is 212 g/mol. The van der Waals surface area contributed by atoms with Gasteiger partial charge in [-0.25, -0.2) is 4.98 Å². The van der Waals surface area contributed by atoms with Crippen LogP contribution in [0.15, 0.2) is 36.9 Å². The van der Waals surface area contributed by atoms with Crippen molar-refractivity contribution < 1.29 is 4.74 Å². The molecule has 0 unspecified atom stereocenters. The molecule has 2 aromatic rings. The second-order valence-corrected chi connectivity index (χ2v) is 3.89. The Bertz CT molecular complexity index is 541. The molecular weight excluding hydrogens is 200 g/mol. The summed E-state index contributed by atoms with van der Waals surface area (Å²) in [7, 11) is 0. The quantitative estimate of drug-likeness (QED) is 0.789. The van der Waals surface area contributed by atoms with E-state index in [1.165, 1.54) is 16.7 Å². The number of H-pyrrole nitrogens is 1. The van der Waals surface area contributed by atoms with Crippen molar-refractivity contribution in [3.05, 3.63) is 59.4 Å². The van der Waals surface area contributed by atoms with Gasteiger partial charge in [-0.2, -0.15) is 0 Å². The van der Waals surface area contributed by atoms with E-state index >= 15 is 0 Å². The van der Waals surface area contributed by atoms with Crippen molar-refractivity contribution in [2.45, 2.75) is 13.5 Å². The van der Waals surface area contributed by atoms with Gasteiger partial charge in [0.25, 0.3) is 0 Å². The van der Waals surface area contributed by atoms with Crippen molar-refractivity contribution in [3.8, 4) is 0 Å². The Hall–Kier alpha value is -2.03. The molecule has 1 aromatic heterocycles. The Morgan fingerprint density at radius 3 is 3.12 bits per heavy atom. The number of hydrogen-bond donors (Lipinski definition) is 1. The maximum Gasteiger partial charge on any atom is 0.141 e. The Morgan fingerprint density at radius 2 is 2.31 bits per heavy atom. The third-order valence-electron chi connectivity index (χ3n) is 2.82. The Labute approximate surface area is 93.8 Å². The van der Waals surface area contributed by atoms with Crippen LogP contribution in [0.1, 0.15) is 22.5 Å². The van der Waals surface area contributed by atoms with Crippen molar-refractivity contribution in [3.63, 3.8) is 0 Å². The van der Waals surface area contributed by atoms with E-state index in [0.29, 0.717) is 6.61 Å². The van der Waals surface area contributed by atoms with Crippen LogP contribution in [-0.4, -0.2) is 9.97 Å². The van der Waals surface area contributed by atoms with Gasteiger partial charge >= 0.3 is 0 Å². The number of nitrogens with one attached hydrogen (secondary N) is 1. The van der Waals surface area contributed by atoms with Gasteiger partial charge in [0.2, 0.25) is 0 Å². The molecule has 1 aromatic carbocycles. The first-order valence-electron chi connectivity index (χ1n) is 5.26. The number of aromatic nitrogens is 2. The van der Waals surface area contributed by atoms with Gasteiger partial charge in [0, 0.05) is 12.4 Å². The number of rotatable bonds is 1. The molecule has 0 aliphatic carbocycles. The van der Waals surface area contributed by atoms with Crippen molar-refractivity contribution >= 4 is 5.57 Å². The Morgan fingerprint density at radius 1 is 1.38 bits per heavy atom. The normalized spacial score (nSPS) is 13.9. The molecule has 0 bridgehead atoms. The lowest BCUT2D eigenvalue weighted by atomic mass is 9.94. The molecule has 80 valence electrons. The molecule has 3 nitrogen and oxygen atoms in total. The Balaban J connectivity index is 2.20. The third kappa shape index (κ3) is 1.33. The molecule has 3 heteroatoms. The molecule has 1 aliphatic rings. The van der Waals surface area contributed by atoms with Crippen LogP contribution in [-0.2, 0) is 11.3 Å². The van der Waals surface area contributed by atoms with E-state index in [0.717, 1.165) is 11.4 Å². The number of aryl methyl sites for hydroxylation is 1. The number of aromatic amines is 1. The minimum Gasteiger partial charge on any atom is -0.496 e. The molecule has 0 fully saturated rings. The van der Waals surface area contributed by atoms with Gasteiger partial charge < -0.3 is 9.72 Å². The lowest BCUT2D eigenvalue weighted by molar-refractivity contribution is 0.232. The fourth-order valence-corrected chi connectivity index (χ4v) is 2.09. The van der Waals surface area contributed by atoms with E-state index in [1.807, 2.05) is 6.20 Å². The van der Waals surface area contributed by atoms with Crippen LogP contribution in [0.4, 0.5) is 0 Å². The molecule has 16 heavy (non-hydrogen) atoms. The van der Waals surface area contributed by atoms with Crippen molar-refractivity contribution in [1.29, 1.82) is 0 Å². The highest BCUT2D eigenvalue weighted by molar-refractivity contribution is 5.80. The fraction of sp³-hybridized carbons (Fsp3) is 0.154. The zero-order chi connectivity index (χ0) is 11.0. The summed E-state index contributed by atoms with van der Waals surface area (Å²) in [6.45, 7) is 2.75. The maximum atomic E-state index is 5.47. The largest absolute Gasteiger partial charge is 0.496 e. The van der Waals surface area contributed by atoms with Crippen LogP contribution in [0.5, 0.6) is 0 Å². The van der Waals surface area contributed by atoms with E-state index in [2.05, 4.69) is 35.1 Å². The number of benzene rings is 1. The third-order valence-corrected chi connectivity index (χ3v) is 2.82. The van der Waals surface area contributed by atoms with E-state index in [4.69, 9.17) is 4.74 Å². The van der Waals surface area contributed by atoms with Gasteiger partial charge in [-0.05, 0) is 23.6 Å². The molecule has 0 radical (unpaired) electrons. The molecule has 0 atom stereocenters. The molecule has 1 N–H and O–H groups in total. The van der Waals surface area contributed by atoms with E-state index in [9.17, 15) is 0 Å². The minimum absolute atomic E-state index is 0.640. The summed E-state index contributed by atoms with van der Waals surface area (Å²) in [5.74, 6) is 0.857. The van der Waals surface area contributed by atoms with Crippen molar-refractivity contribution in [1.82, 2.24) is 9.97 Å². The molecule has 0 spiro atoms. The summed E-state index contributed by atoms with van der Waals surface area (Å²) in [6, 6.07) is 6.27. The highest BCUT2D eigenvalue weighted by atomic mass is 16.5. The zero-order valence-corrected chi connectivity index (χ0v) is 9.03. The summed E-state index contributed by atoms with van der Waals surface area (Å²) >= 11 is 0. The lowest BCUT2D eigenvalue weighted by Gasteiger charge is -2.19. The first-order chi connectivity index (χ1) is 7.86. The predicted molar refractivity (Wildman–Crippen MR) is 61.6 cm³/mol. The lowest BCUT2D eigenvalue weighted by Crippen LogP contribution is -2.05.